The van der Waals surface area contributed by atoms with Crippen molar-refractivity contribution in [2.24, 2.45) is 0 Å². The Morgan fingerprint density at radius 3 is 0.986 bits per heavy atom. The van der Waals surface area contributed by atoms with Crippen molar-refractivity contribution < 1.29 is 28.6 Å². The van der Waals surface area contributed by atoms with E-state index in [2.05, 4.69) is 142 Å². The lowest BCUT2D eigenvalue weighted by molar-refractivity contribution is -0.166. The molecule has 1 atom stereocenters. The van der Waals surface area contributed by atoms with Gasteiger partial charge in [0.25, 0.3) is 0 Å². The van der Waals surface area contributed by atoms with E-state index >= 15 is 0 Å². The fraction of sp³-hybridized carbons (Fsp3) is 0.603. The molecule has 0 bridgehead atoms. The van der Waals surface area contributed by atoms with Crippen LogP contribution in [0.3, 0.4) is 0 Å². The number of allylic oxidation sites excluding steroid dienone is 22. The van der Waals surface area contributed by atoms with Gasteiger partial charge >= 0.3 is 17.9 Å². The number of ether oxygens (including phenoxy) is 3. The van der Waals surface area contributed by atoms with Gasteiger partial charge in [0.05, 0.1) is 0 Å². The second-order valence-electron chi connectivity index (χ2n) is 17.7. The van der Waals surface area contributed by atoms with Gasteiger partial charge in [0.1, 0.15) is 13.2 Å². The first-order valence-corrected chi connectivity index (χ1v) is 27.7. The largest absolute Gasteiger partial charge is 0.462 e. The van der Waals surface area contributed by atoms with Crippen LogP contribution >= 0.6 is 0 Å². The highest BCUT2D eigenvalue weighted by Gasteiger charge is 2.19. The van der Waals surface area contributed by atoms with Crippen molar-refractivity contribution in [2.45, 2.75) is 232 Å². The van der Waals surface area contributed by atoms with Gasteiger partial charge in [-0.15, -0.1) is 0 Å². The predicted molar refractivity (Wildman–Crippen MR) is 297 cm³/mol. The van der Waals surface area contributed by atoms with Crippen LogP contribution in [0.1, 0.15) is 226 Å². The molecule has 0 N–H and O–H groups in total. The average Bonchev–Trinajstić information content (AvgIpc) is 3.35. The lowest BCUT2D eigenvalue weighted by Gasteiger charge is -2.18. The van der Waals surface area contributed by atoms with Gasteiger partial charge in [-0.25, -0.2) is 0 Å². The van der Waals surface area contributed by atoms with Gasteiger partial charge < -0.3 is 14.2 Å². The van der Waals surface area contributed by atoms with E-state index in [9.17, 15) is 14.4 Å². The molecule has 0 saturated heterocycles. The van der Waals surface area contributed by atoms with Gasteiger partial charge in [-0.05, 0) is 122 Å². The van der Waals surface area contributed by atoms with Crippen LogP contribution in [-0.2, 0) is 28.6 Å². The van der Waals surface area contributed by atoms with Crippen LogP contribution in [0, 0.1) is 0 Å². The van der Waals surface area contributed by atoms with Gasteiger partial charge in [0.15, 0.2) is 6.10 Å². The maximum atomic E-state index is 12.8. The van der Waals surface area contributed by atoms with Crippen LogP contribution in [0.25, 0.3) is 0 Å². The first kappa shape index (κ1) is 64.5. The van der Waals surface area contributed by atoms with E-state index in [1.54, 1.807) is 0 Å². The number of unbranched alkanes of at least 4 members (excludes halogenated alkanes) is 15. The minimum absolute atomic E-state index is 0.120. The summed E-state index contributed by atoms with van der Waals surface area (Å²) in [5.74, 6) is -1.05. The second-order valence-corrected chi connectivity index (χ2v) is 17.7. The van der Waals surface area contributed by atoms with Gasteiger partial charge in [-0.2, -0.15) is 0 Å². The van der Waals surface area contributed by atoms with Crippen molar-refractivity contribution in [1.82, 2.24) is 0 Å². The maximum absolute atomic E-state index is 12.8. The summed E-state index contributed by atoms with van der Waals surface area (Å²) >= 11 is 0. The van der Waals surface area contributed by atoms with E-state index < -0.39 is 6.10 Å². The molecule has 0 fully saturated rings. The third-order valence-corrected chi connectivity index (χ3v) is 11.1. The molecule has 0 heterocycles. The predicted octanol–water partition coefficient (Wildman–Crippen LogP) is 18.6. The normalized spacial score (nSPS) is 13.1. The van der Waals surface area contributed by atoms with Crippen LogP contribution in [0.5, 0.6) is 0 Å². The smallest absolute Gasteiger partial charge is 0.306 e. The Bertz CT molecular complexity index is 1510. The van der Waals surface area contributed by atoms with Crippen molar-refractivity contribution in [2.75, 3.05) is 13.2 Å². The van der Waals surface area contributed by atoms with Gasteiger partial charge in [0.2, 0.25) is 0 Å². The van der Waals surface area contributed by atoms with Crippen LogP contribution in [0.2, 0.25) is 0 Å². The van der Waals surface area contributed by atoms with Crippen molar-refractivity contribution >= 4 is 17.9 Å². The van der Waals surface area contributed by atoms with Gasteiger partial charge in [0, 0.05) is 19.3 Å². The molecule has 0 aliphatic carbocycles. The monoisotopic (exact) mass is 953 g/mol. The lowest BCUT2D eigenvalue weighted by Crippen LogP contribution is -2.30. The number of carbonyl (C=O) groups is 3. The minimum Gasteiger partial charge on any atom is -0.462 e. The number of rotatable bonds is 48. The summed E-state index contributed by atoms with van der Waals surface area (Å²) in [5.41, 5.74) is 0. The molecular formula is C63H100O6. The zero-order chi connectivity index (χ0) is 50.0. The highest BCUT2D eigenvalue weighted by atomic mass is 16.6. The van der Waals surface area contributed by atoms with E-state index in [0.29, 0.717) is 12.8 Å². The third kappa shape index (κ3) is 54.4. The number of esters is 3. The summed E-state index contributed by atoms with van der Waals surface area (Å²) < 4.78 is 16.7. The molecule has 0 aliphatic heterocycles. The molecule has 6 nitrogen and oxygen atoms in total. The Hall–Kier alpha value is -4.45. The SMILES string of the molecule is CC/C=C\C/C=C\C/C=C\C/C=C\C/C=C\C/C=C\CCC(=O)OC[C@H](COC(=O)CCCCCCC/C=C\CCCCCCCC)OC(=O)CCCCCC/C=C\C/C=C\C/C=C\C/C=C\CC. The van der Waals surface area contributed by atoms with Gasteiger partial charge in [-0.1, -0.05) is 219 Å². The summed E-state index contributed by atoms with van der Waals surface area (Å²) in [5, 5.41) is 0. The Kier molecular flexibility index (Phi) is 52.5. The van der Waals surface area contributed by atoms with Crippen molar-refractivity contribution in [3.63, 3.8) is 0 Å². The summed E-state index contributed by atoms with van der Waals surface area (Å²) in [4.78, 5) is 38.1. The molecule has 0 rings (SSSR count). The lowest BCUT2D eigenvalue weighted by atomic mass is 10.1. The van der Waals surface area contributed by atoms with E-state index in [1.165, 1.54) is 51.4 Å². The molecule has 388 valence electrons. The Balaban J connectivity index is 4.58. The quantitative estimate of drug-likeness (QED) is 0.0262. The van der Waals surface area contributed by atoms with Crippen LogP contribution in [0.4, 0.5) is 0 Å². The average molecular weight is 953 g/mol. The molecule has 0 aromatic heterocycles. The van der Waals surface area contributed by atoms with Crippen LogP contribution in [-0.4, -0.2) is 37.2 Å². The first-order chi connectivity index (χ1) is 34.0. The third-order valence-electron chi connectivity index (χ3n) is 11.1. The fourth-order valence-electron chi connectivity index (χ4n) is 7.04. The molecular weight excluding hydrogens is 853 g/mol. The molecule has 0 spiro atoms. The summed E-state index contributed by atoms with van der Waals surface area (Å²) in [6.45, 7) is 6.30. The van der Waals surface area contributed by atoms with Crippen molar-refractivity contribution in [1.29, 1.82) is 0 Å². The first-order valence-electron chi connectivity index (χ1n) is 27.7. The number of hydrogen-bond acceptors (Lipinski definition) is 6. The van der Waals surface area contributed by atoms with E-state index in [0.717, 1.165) is 128 Å². The standard InChI is InChI=1S/C63H100O6/c1-4-7-10-13-16-19-22-25-28-30-31-33-35-38-41-44-47-50-53-56-62(65)68-59-60(58-67-61(64)55-52-49-46-43-40-37-34-27-24-21-18-15-12-9-6-3)69-63(66)57-54-51-48-45-42-39-36-32-29-26-23-20-17-14-11-8-5-2/h7-8,10-11,16-17,19-20,25-29,31,33-34,36,38-39,41,47,50,60H,4-6,9,12-15,18,21-24,30,32,35,37,40,42-46,48-49,51-59H2,1-3H3/b10-7-,11-8-,19-16-,20-17-,28-25-,29-26-,33-31-,34-27-,39-36-,41-38-,50-47-/t60-/m0/s1. The van der Waals surface area contributed by atoms with E-state index in [1.807, 2.05) is 12.2 Å². The van der Waals surface area contributed by atoms with E-state index in [4.69, 9.17) is 14.2 Å². The Labute approximate surface area is 424 Å². The zero-order valence-electron chi connectivity index (χ0n) is 44.3. The number of hydrogen-bond donors (Lipinski definition) is 0. The Morgan fingerprint density at radius 1 is 0.304 bits per heavy atom. The molecule has 6 heteroatoms. The van der Waals surface area contributed by atoms with Crippen LogP contribution in [0.15, 0.2) is 134 Å². The Morgan fingerprint density at radius 2 is 0.594 bits per heavy atom. The van der Waals surface area contributed by atoms with Crippen molar-refractivity contribution in [3.05, 3.63) is 134 Å². The highest BCUT2D eigenvalue weighted by Crippen LogP contribution is 2.13. The molecule has 0 aliphatic rings. The van der Waals surface area contributed by atoms with Gasteiger partial charge in [-0.3, -0.25) is 14.4 Å². The summed E-state index contributed by atoms with van der Waals surface area (Å²) in [6.07, 6.45) is 78.7. The molecule has 0 saturated carbocycles. The molecule has 0 aromatic carbocycles. The topological polar surface area (TPSA) is 78.9 Å². The zero-order valence-corrected chi connectivity index (χ0v) is 44.3. The molecule has 0 unspecified atom stereocenters. The molecule has 0 radical (unpaired) electrons. The van der Waals surface area contributed by atoms with E-state index in [-0.39, 0.29) is 44.0 Å². The second kappa shape index (κ2) is 56.1. The minimum atomic E-state index is -0.830. The highest BCUT2D eigenvalue weighted by molar-refractivity contribution is 5.71. The maximum Gasteiger partial charge on any atom is 0.306 e. The molecule has 69 heavy (non-hydrogen) atoms. The van der Waals surface area contributed by atoms with Crippen molar-refractivity contribution in [3.8, 4) is 0 Å². The molecule has 0 aromatic rings. The number of carbonyl (C=O) groups excluding carboxylic acids is 3. The van der Waals surface area contributed by atoms with Crippen LogP contribution < -0.4 is 0 Å². The fourth-order valence-corrected chi connectivity index (χ4v) is 7.04. The summed E-state index contributed by atoms with van der Waals surface area (Å²) in [7, 11) is 0. The summed E-state index contributed by atoms with van der Waals surface area (Å²) in [6, 6.07) is 0. The molecule has 0 amide bonds.